The maximum Gasteiger partial charge on any atom is 0.321 e. The van der Waals surface area contributed by atoms with Gasteiger partial charge in [0.25, 0.3) is 0 Å². The number of nitriles is 1. The molecule has 0 radical (unpaired) electrons. The number of nitrogens with one attached hydrogen (secondary N) is 1. The normalized spacial score (nSPS) is 14.3. The van der Waals surface area contributed by atoms with E-state index in [1.165, 1.54) is 0 Å². The van der Waals surface area contributed by atoms with Crippen molar-refractivity contribution in [3.8, 4) is 6.07 Å². The molecule has 0 aliphatic carbocycles. The summed E-state index contributed by atoms with van der Waals surface area (Å²) in [6, 6.07) is 16.1. The van der Waals surface area contributed by atoms with E-state index in [1.807, 2.05) is 42.2 Å². The van der Waals surface area contributed by atoms with Gasteiger partial charge in [-0.15, -0.1) is 0 Å². The number of anilines is 2. The van der Waals surface area contributed by atoms with Crippen LogP contribution in [0.4, 0.5) is 16.3 Å². The van der Waals surface area contributed by atoms with Crippen molar-refractivity contribution in [2.45, 2.75) is 27.2 Å². The molecule has 1 fully saturated rings. The second-order valence-electron chi connectivity index (χ2n) is 8.19. The Labute approximate surface area is 183 Å². The summed E-state index contributed by atoms with van der Waals surface area (Å²) in [5.41, 5.74) is 5.64. The van der Waals surface area contributed by atoms with Crippen LogP contribution in [0.2, 0.25) is 0 Å². The molecule has 1 saturated heterocycles. The molecule has 6 nitrogen and oxygen atoms in total. The first-order valence-corrected chi connectivity index (χ1v) is 10.6. The Balaban J connectivity index is 1.55. The van der Waals surface area contributed by atoms with E-state index in [-0.39, 0.29) is 6.03 Å². The predicted octanol–water partition coefficient (Wildman–Crippen LogP) is 4.78. The molecule has 0 atom stereocenters. The zero-order chi connectivity index (χ0) is 22.0. The molecule has 1 N–H and O–H groups in total. The van der Waals surface area contributed by atoms with E-state index in [9.17, 15) is 10.1 Å². The van der Waals surface area contributed by atoms with Gasteiger partial charge in [-0.2, -0.15) is 5.26 Å². The summed E-state index contributed by atoms with van der Waals surface area (Å²) < 4.78 is 0. The number of pyridine rings is 1. The fourth-order valence-corrected chi connectivity index (χ4v) is 4.18. The maximum atomic E-state index is 12.8. The number of para-hydroxylation sites is 1. The van der Waals surface area contributed by atoms with E-state index >= 15 is 0 Å². The lowest BCUT2D eigenvalue weighted by molar-refractivity contribution is 0.215. The van der Waals surface area contributed by atoms with Gasteiger partial charge in [-0.25, -0.2) is 9.78 Å². The number of aromatic nitrogens is 1. The number of hydrogen-bond acceptors (Lipinski definition) is 4. The fraction of sp³-hybridized carbons (Fsp3) is 0.320. The van der Waals surface area contributed by atoms with Gasteiger partial charge in [0.05, 0.1) is 11.1 Å². The topological polar surface area (TPSA) is 72.3 Å². The van der Waals surface area contributed by atoms with Crippen molar-refractivity contribution in [3.63, 3.8) is 0 Å². The van der Waals surface area contributed by atoms with E-state index in [0.29, 0.717) is 31.0 Å². The highest BCUT2D eigenvalue weighted by Gasteiger charge is 2.22. The molecular weight excluding hydrogens is 386 g/mol. The van der Waals surface area contributed by atoms with Crippen molar-refractivity contribution in [3.05, 3.63) is 64.7 Å². The van der Waals surface area contributed by atoms with Crippen LogP contribution in [-0.2, 0) is 0 Å². The molecule has 31 heavy (non-hydrogen) atoms. The quantitative estimate of drug-likeness (QED) is 0.656. The summed E-state index contributed by atoms with van der Waals surface area (Å²) >= 11 is 0. The lowest BCUT2D eigenvalue weighted by Gasteiger charge is -2.24. The average molecular weight is 414 g/mol. The molecule has 1 aromatic heterocycles. The number of rotatable bonds is 2. The predicted molar refractivity (Wildman–Crippen MR) is 125 cm³/mol. The molecule has 1 aliphatic rings. The van der Waals surface area contributed by atoms with Crippen molar-refractivity contribution < 1.29 is 4.79 Å². The van der Waals surface area contributed by atoms with Gasteiger partial charge in [-0.05, 0) is 62.1 Å². The number of carbonyl (C=O) groups excluding carboxylic acids is 1. The average Bonchev–Trinajstić information content (AvgIpc) is 3.01. The molecule has 158 valence electrons. The van der Waals surface area contributed by atoms with E-state index in [0.717, 1.165) is 46.2 Å². The highest BCUT2D eigenvalue weighted by atomic mass is 16.2. The minimum Gasteiger partial charge on any atom is -0.354 e. The Hall–Kier alpha value is -3.59. The zero-order valence-electron chi connectivity index (χ0n) is 18.3. The maximum absolute atomic E-state index is 12.8. The third kappa shape index (κ3) is 4.31. The summed E-state index contributed by atoms with van der Waals surface area (Å²) in [6.07, 6.45) is 0.818. The van der Waals surface area contributed by atoms with Crippen LogP contribution < -0.4 is 10.2 Å². The molecule has 4 rings (SSSR count). The third-order valence-corrected chi connectivity index (χ3v) is 5.86. The second-order valence-corrected chi connectivity index (χ2v) is 8.19. The Kier molecular flexibility index (Phi) is 5.77. The molecule has 0 spiro atoms. The van der Waals surface area contributed by atoms with Gasteiger partial charge in [0.2, 0.25) is 0 Å². The minimum atomic E-state index is -0.0885. The highest BCUT2D eigenvalue weighted by Crippen LogP contribution is 2.27. The van der Waals surface area contributed by atoms with Crippen LogP contribution in [0.1, 0.15) is 28.7 Å². The van der Waals surface area contributed by atoms with E-state index in [2.05, 4.69) is 42.3 Å². The summed E-state index contributed by atoms with van der Waals surface area (Å²) in [5, 5.41) is 13.8. The van der Waals surface area contributed by atoms with Crippen LogP contribution in [0.3, 0.4) is 0 Å². The van der Waals surface area contributed by atoms with Crippen LogP contribution >= 0.6 is 0 Å². The molecule has 6 heteroatoms. The number of carbonyl (C=O) groups is 1. The first-order chi connectivity index (χ1) is 15.0. The number of aryl methyl sites for hydroxylation is 3. The fourth-order valence-electron chi connectivity index (χ4n) is 4.18. The van der Waals surface area contributed by atoms with Crippen LogP contribution in [-0.4, -0.2) is 42.1 Å². The van der Waals surface area contributed by atoms with Gasteiger partial charge in [-0.3, -0.25) is 0 Å². The molecule has 2 amide bonds. The number of hydrogen-bond donors (Lipinski definition) is 1. The molecule has 0 saturated carbocycles. The number of urea groups is 1. The summed E-state index contributed by atoms with van der Waals surface area (Å²) in [7, 11) is 0. The summed E-state index contributed by atoms with van der Waals surface area (Å²) in [4.78, 5) is 21.7. The molecular formula is C25H27N5O. The van der Waals surface area contributed by atoms with Crippen molar-refractivity contribution in [2.24, 2.45) is 0 Å². The largest absolute Gasteiger partial charge is 0.354 e. The van der Waals surface area contributed by atoms with Crippen molar-refractivity contribution >= 4 is 28.4 Å². The van der Waals surface area contributed by atoms with E-state index in [4.69, 9.17) is 4.98 Å². The second kappa shape index (κ2) is 8.65. The Morgan fingerprint density at radius 1 is 1.03 bits per heavy atom. The van der Waals surface area contributed by atoms with Crippen LogP contribution in [0.25, 0.3) is 10.9 Å². The molecule has 2 heterocycles. The lowest BCUT2D eigenvalue weighted by Crippen LogP contribution is -2.38. The van der Waals surface area contributed by atoms with Gasteiger partial charge < -0.3 is 15.1 Å². The molecule has 1 aliphatic heterocycles. The van der Waals surface area contributed by atoms with Crippen molar-refractivity contribution in [1.82, 2.24) is 9.88 Å². The standard InChI is InChI=1S/C25H27N5O/c1-17-13-19(3)21-15-20(16-26)24(27-23(21)14-17)29-9-6-10-30(12-11-29)25(31)28-22-8-5-4-7-18(22)2/h4-5,7-8,13-15H,6,9-12H2,1-3H3,(H,28,31). The van der Waals surface area contributed by atoms with Gasteiger partial charge in [0, 0.05) is 37.3 Å². The van der Waals surface area contributed by atoms with Gasteiger partial charge in [0.1, 0.15) is 11.9 Å². The van der Waals surface area contributed by atoms with Crippen LogP contribution in [0, 0.1) is 32.1 Å². The molecule has 0 bridgehead atoms. The minimum absolute atomic E-state index is 0.0885. The van der Waals surface area contributed by atoms with Gasteiger partial charge in [0.15, 0.2) is 0 Å². The van der Waals surface area contributed by atoms with Gasteiger partial charge >= 0.3 is 6.03 Å². The monoisotopic (exact) mass is 413 g/mol. The first-order valence-electron chi connectivity index (χ1n) is 10.6. The smallest absolute Gasteiger partial charge is 0.321 e. The number of nitrogens with zero attached hydrogens (tertiary/aromatic N) is 4. The summed E-state index contributed by atoms with van der Waals surface area (Å²) in [6.45, 7) is 8.73. The van der Waals surface area contributed by atoms with E-state index in [1.54, 1.807) is 0 Å². The third-order valence-electron chi connectivity index (χ3n) is 5.86. The Morgan fingerprint density at radius 3 is 2.61 bits per heavy atom. The molecule has 0 unspecified atom stereocenters. The summed E-state index contributed by atoms with van der Waals surface area (Å²) in [5.74, 6) is 0.709. The SMILES string of the molecule is Cc1cc(C)c2cc(C#N)c(N3CCCN(C(=O)Nc4ccccc4C)CC3)nc2c1. The van der Waals surface area contributed by atoms with E-state index < -0.39 is 0 Å². The lowest BCUT2D eigenvalue weighted by atomic mass is 10.0. The van der Waals surface area contributed by atoms with Gasteiger partial charge in [-0.1, -0.05) is 24.3 Å². The Morgan fingerprint density at radius 2 is 1.84 bits per heavy atom. The van der Waals surface area contributed by atoms with Crippen LogP contribution in [0.15, 0.2) is 42.5 Å². The van der Waals surface area contributed by atoms with Crippen molar-refractivity contribution in [2.75, 3.05) is 36.4 Å². The highest BCUT2D eigenvalue weighted by molar-refractivity contribution is 5.90. The number of benzene rings is 2. The zero-order valence-corrected chi connectivity index (χ0v) is 18.3. The van der Waals surface area contributed by atoms with Crippen LogP contribution in [0.5, 0.6) is 0 Å². The number of amides is 2. The number of fused-ring (bicyclic) bond motifs is 1. The molecule has 3 aromatic rings. The van der Waals surface area contributed by atoms with Crippen molar-refractivity contribution in [1.29, 1.82) is 5.26 Å². The molecule has 2 aromatic carbocycles. The Bertz CT molecular complexity index is 1180. The first kappa shape index (κ1) is 20.7.